The fourth-order valence-electron chi connectivity index (χ4n) is 1.97. The summed E-state index contributed by atoms with van der Waals surface area (Å²) in [4.78, 5) is 23.5. The number of amides is 1. The molecule has 0 saturated carbocycles. The van der Waals surface area contributed by atoms with Crippen LogP contribution in [0.25, 0.3) is 6.08 Å². The van der Waals surface area contributed by atoms with Gasteiger partial charge in [0.1, 0.15) is 11.6 Å². The van der Waals surface area contributed by atoms with Gasteiger partial charge < -0.3 is 10.1 Å². The SMILES string of the molecule is CC(=O)Oc1c(Br)cc(/C=C(\C#N)C(=O)Nc2ccccc2Br)cc1Br. The molecule has 1 amide bonds. The van der Waals surface area contributed by atoms with Crippen molar-refractivity contribution in [2.75, 3.05) is 5.32 Å². The number of halogens is 3. The van der Waals surface area contributed by atoms with Crippen LogP contribution in [0.5, 0.6) is 5.75 Å². The molecule has 2 rings (SSSR count). The second kappa shape index (κ2) is 9.12. The number of anilines is 1. The first-order valence-electron chi connectivity index (χ1n) is 7.17. The Morgan fingerprint density at radius 1 is 1.12 bits per heavy atom. The van der Waals surface area contributed by atoms with Crippen LogP contribution in [0, 0.1) is 11.3 Å². The Morgan fingerprint density at radius 3 is 2.27 bits per heavy atom. The van der Waals surface area contributed by atoms with Crippen molar-refractivity contribution >= 4 is 71.4 Å². The molecule has 0 unspecified atom stereocenters. The third-order valence-electron chi connectivity index (χ3n) is 3.06. The Balaban J connectivity index is 2.31. The summed E-state index contributed by atoms with van der Waals surface area (Å²) in [5.41, 5.74) is 1.07. The molecule has 0 aliphatic heterocycles. The Morgan fingerprint density at radius 2 is 1.73 bits per heavy atom. The second-order valence-electron chi connectivity index (χ2n) is 5.01. The van der Waals surface area contributed by atoms with E-state index in [1.807, 2.05) is 12.1 Å². The molecule has 0 heterocycles. The fraction of sp³-hybridized carbons (Fsp3) is 0.0556. The number of carbonyl (C=O) groups is 2. The number of hydrogen-bond acceptors (Lipinski definition) is 4. The van der Waals surface area contributed by atoms with Gasteiger partial charge in [0.2, 0.25) is 0 Å². The van der Waals surface area contributed by atoms with Gasteiger partial charge in [0.05, 0.1) is 14.6 Å². The van der Waals surface area contributed by atoms with Gasteiger partial charge in [0.25, 0.3) is 5.91 Å². The molecule has 0 aliphatic carbocycles. The van der Waals surface area contributed by atoms with E-state index in [9.17, 15) is 14.9 Å². The van der Waals surface area contributed by atoms with Crippen LogP contribution in [0.4, 0.5) is 5.69 Å². The van der Waals surface area contributed by atoms with Crippen molar-refractivity contribution in [1.82, 2.24) is 0 Å². The van der Waals surface area contributed by atoms with Crippen LogP contribution in [0.2, 0.25) is 0 Å². The first kappa shape index (κ1) is 20.4. The van der Waals surface area contributed by atoms with Crippen LogP contribution in [0.3, 0.4) is 0 Å². The van der Waals surface area contributed by atoms with E-state index in [0.717, 1.165) is 0 Å². The number of para-hydroxylation sites is 1. The summed E-state index contributed by atoms with van der Waals surface area (Å²) in [6, 6.07) is 12.3. The molecule has 2 aromatic carbocycles. The van der Waals surface area contributed by atoms with E-state index in [4.69, 9.17) is 4.74 Å². The minimum absolute atomic E-state index is 0.0696. The fourth-order valence-corrected chi connectivity index (χ4v) is 3.74. The molecular formula is C18H11Br3N2O3. The minimum atomic E-state index is -0.532. The first-order valence-corrected chi connectivity index (χ1v) is 9.55. The van der Waals surface area contributed by atoms with Gasteiger partial charge in [-0.1, -0.05) is 12.1 Å². The highest BCUT2D eigenvalue weighted by Gasteiger charge is 2.14. The van der Waals surface area contributed by atoms with E-state index in [1.54, 1.807) is 30.3 Å². The van der Waals surface area contributed by atoms with Crippen molar-refractivity contribution in [1.29, 1.82) is 5.26 Å². The zero-order valence-electron chi connectivity index (χ0n) is 13.3. The Hall–Kier alpha value is -1.95. The maximum Gasteiger partial charge on any atom is 0.308 e. The van der Waals surface area contributed by atoms with Gasteiger partial charge in [-0.25, -0.2) is 0 Å². The number of nitrogens with one attached hydrogen (secondary N) is 1. The van der Waals surface area contributed by atoms with Crippen LogP contribution in [0.1, 0.15) is 12.5 Å². The number of hydrogen-bond donors (Lipinski definition) is 1. The molecule has 2 aromatic rings. The van der Waals surface area contributed by atoms with Crippen LogP contribution >= 0.6 is 47.8 Å². The molecule has 0 atom stereocenters. The van der Waals surface area contributed by atoms with E-state index in [-0.39, 0.29) is 5.57 Å². The molecule has 0 spiro atoms. The molecule has 1 N–H and O–H groups in total. The lowest BCUT2D eigenvalue weighted by Gasteiger charge is -2.09. The molecule has 5 nitrogen and oxygen atoms in total. The van der Waals surface area contributed by atoms with Crippen LogP contribution in [-0.4, -0.2) is 11.9 Å². The van der Waals surface area contributed by atoms with Crippen molar-refractivity contribution in [3.63, 3.8) is 0 Å². The summed E-state index contributed by atoms with van der Waals surface area (Å²) in [5.74, 6) is -0.665. The second-order valence-corrected chi connectivity index (χ2v) is 7.57. The van der Waals surface area contributed by atoms with Crippen molar-refractivity contribution in [3.05, 3.63) is 61.0 Å². The maximum atomic E-state index is 12.4. The van der Waals surface area contributed by atoms with E-state index in [0.29, 0.717) is 30.4 Å². The van der Waals surface area contributed by atoms with Crippen molar-refractivity contribution < 1.29 is 14.3 Å². The highest BCUT2D eigenvalue weighted by atomic mass is 79.9. The van der Waals surface area contributed by atoms with Gasteiger partial charge in [0.15, 0.2) is 5.75 Å². The Kier molecular flexibility index (Phi) is 7.14. The van der Waals surface area contributed by atoms with E-state index >= 15 is 0 Å². The average molecular weight is 543 g/mol. The third kappa shape index (κ3) is 5.27. The predicted molar refractivity (Wildman–Crippen MR) is 110 cm³/mol. The summed E-state index contributed by atoms with van der Waals surface area (Å²) in [6.45, 7) is 1.30. The number of nitrogens with zero attached hydrogens (tertiary/aromatic N) is 1. The number of rotatable bonds is 4. The number of nitriles is 1. The summed E-state index contributed by atoms with van der Waals surface area (Å²) in [6.07, 6.45) is 1.44. The molecule has 132 valence electrons. The molecule has 0 aromatic heterocycles. The van der Waals surface area contributed by atoms with Gasteiger partial charge in [-0.05, 0) is 83.7 Å². The summed E-state index contributed by atoms with van der Waals surface area (Å²) >= 11 is 9.96. The van der Waals surface area contributed by atoms with Crippen LogP contribution in [0.15, 0.2) is 55.4 Å². The lowest BCUT2D eigenvalue weighted by atomic mass is 10.1. The molecule has 0 saturated heterocycles. The summed E-state index contributed by atoms with van der Waals surface area (Å²) in [7, 11) is 0. The van der Waals surface area contributed by atoms with Gasteiger partial charge in [0, 0.05) is 11.4 Å². The Bertz CT molecular complexity index is 926. The van der Waals surface area contributed by atoms with E-state index in [1.165, 1.54) is 13.0 Å². The summed E-state index contributed by atoms with van der Waals surface area (Å²) < 4.78 is 6.83. The monoisotopic (exact) mass is 540 g/mol. The minimum Gasteiger partial charge on any atom is -0.424 e. The first-order chi connectivity index (χ1) is 12.3. The number of esters is 1. The van der Waals surface area contributed by atoms with Gasteiger partial charge in [-0.2, -0.15) is 5.26 Å². The molecule has 0 fully saturated rings. The van der Waals surface area contributed by atoms with Crippen molar-refractivity contribution in [3.8, 4) is 11.8 Å². The number of benzene rings is 2. The normalized spacial score (nSPS) is 10.8. The van der Waals surface area contributed by atoms with Gasteiger partial charge >= 0.3 is 5.97 Å². The molecule has 8 heteroatoms. The van der Waals surface area contributed by atoms with Crippen LogP contribution in [-0.2, 0) is 9.59 Å². The predicted octanol–water partition coefficient (Wildman–Crippen LogP) is 5.45. The third-order valence-corrected chi connectivity index (χ3v) is 4.93. The van der Waals surface area contributed by atoms with E-state index in [2.05, 4.69) is 53.1 Å². The molecule has 0 aliphatic rings. The van der Waals surface area contributed by atoms with Crippen molar-refractivity contribution in [2.24, 2.45) is 0 Å². The topological polar surface area (TPSA) is 79.2 Å². The van der Waals surface area contributed by atoms with Gasteiger partial charge in [-0.3, -0.25) is 9.59 Å². The zero-order chi connectivity index (χ0) is 19.3. The smallest absolute Gasteiger partial charge is 0.308 e. The average Bonchev–Trinajstić information content (AvgIpc) is 2.57. The highest BCUT2D eigenvalue weighted by molar-refractivity contribution is 9.11. The van der Waals surface area contributed by atoms with E-state index < -0.39 is 11.9 Å². The lowest BCUT2D eigenvalue weighted by molar-refractivity contribution is -0.132. The van der Waals surface area contributed by atoms with Crippen LogP contribution < -0.4 is 10.1 Å². The molecule has 0 radical (unpaired) electrons. The number of carbonyl (C=O) groups excluding carboxylic acids is 2. The molecular weight excluding hydrogens is 532 g/mol. The maximum absolute atomic E-state index is 12.4. The zero-order valence-corrected chi connectivity index (χ0v) is 18.1. The summed E-state index contributed by atoms with van der Waals surface area (Å²) in [5, 5.41) is 12.0. The Labute approximate surface area is 175 Å². The standard InChI is InChI=1S/C18H11Br3N2O3/c1-10(24)26-17-14(20)7-11(8-15(17)21)6-12(9-22)18(25)23-16-5-3-2-4-13(16)19/h2-8H,1H3,(H,23,25)/b12-6+. The highest BCUT2D eigenvalue weighted by Crippen LogP contribution is 2.35. The largest absolute Gasteiger partial charge is 0.424 e. The quantitative estimate of drug-likeness (QED) is 0.241. The number of ether oxygens (including phenoxy) is 1. The molecule has 0 bridgehead atoms. The molecule has 26 heavy (non-hydrogen) atoms. The van der Waals surface area contributed by atoms with Gasteiger partial charge in [-0.15, -0.1) is 0 Å². The lowest BCUT2D eigenvalue weighted by Crippen LogP contribution is -2.13. The van der Waals surface area contributed by atoms with Crippen molar-refractivity contribution in [2.45, 2.75) is 6.92 Å².